The summed E-state index contributed by atoms with van der Waals surface area (Å²) in [6.45, 7) is 9.08. The van der Waals surface area contributed by atoms with Crippen LogP contribution in [0.1, 0.15) is 25.8 Å². The molecule has 0 amide bonds. The topological polar surface area (TPSA) is 15.3 Å². The zero-order chi connectivity index (χ0) is 12.1. The fourth-order valence-electron chi connectivity index (χ4n) is 2.38. The summed E-state index contributed by atoms with van der Waals surface area (Å²) in [7, 11) is 0. The highest BCUT2D eigenvalue weighted by Crippen LogP contribution is 2.26. The zero-order valence-electron chi connectivity index (χ0n) is 10.9. The molecule has 1 N–H and O–H groups in total. The molecule has 1 heterocycles. The van der Waals surface area contributed by atoms with Crippen LogP contribution >= 0.6 is 0 Å². The molecule has 17 heavy (non-hydrogen) atoms. The number of hydrogen-bond donors (Lipinski definition) is 1. The van der Waals surface area contributed by atoms with Crippen molar-refractivity contribution in [2.45, 2.75) is 20.3 Å². The molecular formula is C15H23N2. The van der Waals surface area contributed by atoms with Gasteiger partial charge in [-0.2, -0.15) is 0 Å². The first-order chi connectivity index (χ1) is 8.27. The van der Waals surface area contributed by atoms with Crippen molar-refractivity contribution in [2.24, 2.45) is 5.92 Å². The van der Waals surface area contributed by atoms with Gasteiger partial charge in [-0.05, 0) is 17.9 Å². The van der Waals surface area contributed by atoms with Gasteiger partial charge < -0.3 is 5.32 Å². The van der Waals surface area contributed by atoms with E-state index in [0.29, 0.717) is 5.92 Å². The van der Waals surface area contributed by atoms with Crippen LogP contribution in [0.3, 0.4) is 0 Å². The molecule has 1 fully saturated rings. The summed E-state index contributed by atoms with van der Waals surface area (Å²) in [6.07, 6.45) is 1.17. The maximum Gasteiger partial charge on any atom is 0.0692 e. The van der Waals surface area contributed by atoms with Gasteiger partial charge in [0, 0.05) is 26.2 Å². The number of nitrogens with one attached hydrogen (secondary N) is 1. The third-order valence-corrected chi connectivity index (χ3v) is 3.21. The van der Waals surface area contributed by atoms with Crippen molar-refractivity contribution in [3.8, 4) is 0 Å². The lowest BCUT2D eigenvalue weighted by molar-refractivity contribution is 0.243. The van der Waals surface area contributed by atoms with Gasteiger partial charge in [0.25, 0.3) is 0 Å². The van der Waals surface area contributed by atoms with Crippen LogP contribution < -0.4 is 5.32 Å². The summed E-state index contributed by atoms with van der Waals surface area (Å²) in [5.41, 5.74) is 1.39. The van der Waals surface area contributed by atoms with Gasteiger partial charge in [0.15, 0.2) is 0 Å². The van der Waals surface area contributed by atoms with Gasteiger partial charge >= 0.3 is 0 Å². The van der Waals surface area contributed by atoms with Crippen LogP contribution in [0.15, 0.2) is 30.3 Å². The molecule has 1 radical (unpaired) electrons. The van der Waals surface area contributed by atoms with E-state index < -0.39 is 0 Å². The third kappa shape index (κ3) is 3.55. The highest BCUT2D eigenvalue weighted by atomic mass is 15.2. The minimum atomic E-state index is 0.708. The Kier molecular flexibility index (Phi) is 4.57. The van der Waals surface area contributed by atoms with Crippen molar-refractivity contribution in [1.82, 2.24) is 10.2 Å². The maximum atomic E-state index is 3.42. The van der Waals surface area contributed by atoms with E-state index in [9.17, 15) is 0 Å². The molecule has 2 rings (SSSR count). The van der Waals surface area contributed by atoms with E-state index in [1.807, 2.05) is 0 Å². The van der Waals surface area contributed by atoms with Crippen molar-refractivity contribution < 1.29 is 0 Å². The largest absolute Gasteiger partial charge is 0.314 e. The van der Waals surface area contributed by atoms with Gasteiger partial charge in [-0.15, -0.1) is 0 Å². The predicted octanol–water partition coefficient (Wildman–Crippen LogP) is 2.52. The van der Waals surface area contributed by atoms with E-state index in [4.69, 9.17) is 0 Å². The third-order valence-electron chi connectivity index (χ3n) is 3.21. The summed E-state index contributed by atoms with van der Waals surface area (Å²) in [6, 6.07) is 12.4. The summed E-state index contributed by atoms with van der Waals surface area (Å²) in [4.78, 5) is 2.55. The minimum Gasteiger partial charge on any atom is -0.314 e. The standard InChI is InChI=1S/C15H23N2/c1-13(2)12-15(14-6-4-3-5-7-14)17-10-8-16-9-11-17/h3-7,13,16H,8-12H2,1-2H3. The van der Waals surface area contributed by atoms with E-state index in [-0.39, 0.29) is 0 Å². The van der Waals surface area contributed by atoms with E-state index in [0.717, 1.165) is 26.2 Å². The van der Waals surface area contributed by atoms with E-state index in [2.05, 4.69) is 54.4 Å². The average Bonchev–Trinajstić information content (AvgIpc) is 2.38. The van der Waals surface area contributed by atoms with Gasteiger partial charge in [-0.3, -0.25) is 4.90 Å². The van der Waals surface area contributed by atoms with Crippen molar-refractivity contribution in [1.29, 1.82) is 0 Å². The predicted molar refractivity (Wildman–Crippen MR) is 72.7 cm³/mol. The smallest absolute Gasteiger partial charge is 0.0692 e. The van der Waals surface area contributed by atoms with Gasteiger partial charge in [0.2, 0.25) is 0 Å². The van der Waals surface area contributed by atoms with Crippen LogP contribution in [0.5, 0.6) is 0 Å². The SMILES string of the molecule is CC(C)C[C](c1ccccc1)N1CCNCC1. The molecule has 1 saturated heterocycles. The van der Waals surface area contributed by atoms with E-state index in [1.165, 1.54) is 18.0 Å². The second-order valence-corrected chi connectivity index (χ2v) is 5.15. The normalized spacial score (nSPS) is 17.9. The Hall–Kier alpha value is -0.860. The molecule has 0 spiro atoms. The highest BCUT2D eigenvalue weighted by molar-refractivity contribution is 5.29. The molecule has 1 aliphatic heterocycles. The van der Waals surface area contributed by atoms with Crippen molar-refractivity contribution in [3.63, 3.8) is 0 Å². The van der Waals surface area contributed by atoms with Crippen molar-refractivity contribution >= 4 is 0 Å². The lowest BCUT2D eigenvalue weighted by Crippen LogP contribution is -2.45. The van der Waals surface area contributed by atoms with E-state index in [1.54, 1.807) is 0 Å². The lowest BCUT2D eigenvalue weighted by atomic mass is 9.95. The van der Waals surface area contributed by atoms with Crippen LogP contribution in [-0.4, -0.2) is 31.1 Å². The average molecular weight is 231 g/mol. The van der Waals surface area contributed by atoms with Gasteiger partial charge in [0.05, 0.1) is 6.04 Å². The summed E-state index contributed by atoms with van der Waals surface area (Å²) in [5, 5.41) is 3.42. The molecular weight excluding hydrogens is 208 g/mol. The first-order valence-electron chi connectivity index (χ1n) is 6.64. The van der Waals surface area contributed by atoms with E-state index >= 15 is 0 Å². The monoisotopic (exact) mass is 231 g/mol. The maximum absolute atomic E-state index is 3.42. The second-order valence-electron chi connectivity index (χ2n) is 5.15. The molecule has 93 valence electrons. The summed E-state index contributed by atoms with van der Waals surface area (Å²) in [5.74, 6) is 0.708. The Morgan fingerprint density at radius 2 is 1.82 bits per heavy atom. The Labute approximate surface area is 105 Å². The van der Waals surface area contributed by atoms with Crippen LogP contribution in [-0.2, 0) is 0 Å². The fraction of sp³-hybridized carbons (Fsp3) is 0.533. The van der Waals surface area contributed by atoms with Gasteiger partial charge in [-0.25, -0.2) is 0 Å². The van der Waals surface area contributed by atoms with Crippen LogP contribution in [0.4, 0.5) is 0 Å². The zero-order valence-corrected chi connectivity index (χ0v) is 10.9. The molecule has 2 nitrogen and oxygen atoms in total. The Morgan fingerprint density at radius 1 is 1.18 bits per heavy atom. The molecule has 0 saturated carbocycles. The molecule has 0 aliphatic carbocycles. The first-order valence-corrected chi connectivity index (χ1v) is 6.64. The molecule has 0 aromatic heterocycles. The van der Waals surface area contributed by atoms with Crippen LogP contribution in [0.2, 0.25) is 0 Å². The second kappa shape index (κ2) is 6.18. The van der Waals surface area contributed by atoms with Gasteiger partial charge in [-0.1, -0.05) is 44.2 Å². The molecule has 1 aromatic carbocycles. The molecule has 1 aromatic rings. The molecule has 1 aliphatic rings. The summed E-state index contributed by atoms with van der Waals surface area (Å²) >= 11 is 0. The van der Waals surface area contributed by atoms with Crippen LogP contribution in [0, 0.1) is 12.0 Å². The Balaban J connectivity index is 2.12. The molecule has 0 atom stereocenters. The Morgan fingerprint density at radius 3 is 2.41 bits per heavy atom. The van der Waals surface area contributed by atoms with Crippen molar-refractivity contribution in [2.75, 3.05) is 26.2 Å². The highest BCUT2D eigenvalue weighted by Gasteiger charge is 2.23. The molecule has 2 heteroatoms. The summed E-state index contributed by atoms with van der Waals surface area (Å²) < 4.78 is 0. The minimum absolute atomic E-state index is 0.708. The molecule has 0 bridgehead atoms. The van der Waals surface area contributed by atoms with Crippen LogP contribution in [0.25, 0.3) is 0 Å². The number of rotatable bonds is 4. The van der Waals surface area contributed by atoms with Gasteiger partial charge in [0.1, 0.15) is 0 Å². The lowest BCUT2D eigenvalue weighted by Gasteiger charge is -2.35. The number of piperazine rings is 1. The molecule has 0 unspecified atom stereocenters. The first kappa shape index (κ1) is 12.6. The quantitative estimate of drug-likeness (QED) is 0.856. The number of hydrogen-bond acceptors (Lipinski definition) is 2. The number of benzene rings is 1. The number of nitrogens with zero attached hydrogens (tertiary/aromatic N) is 1. The Bertz CT molecular complexity index is 315. The van der Waals surface area contributed by atoms with Crippen molar-refractivity contribution in [3.05, 3.63) is 41.9 Å². The fourth-order valence-corrected chi connectivity index (χ4v) is 2.38.